The summed E-state index contributed by atoms with van der Waals surface area (Å²) in [6, 6.07) is 0. The van der Waals surface area contributed by atoms with E-state index in [1.165, 1.54) is 68.6 Å². The van der Waals surface area contributed by atoms with E-state index in [1.807, 2.05) is 0 Å². The molecule has 0 unspecified atom stereocenters. The third kappa shape index (κ3) is 14.8. The molecule has 0 aromatic heterocycles. The molecule has 0 aromatic rings. The molecule has 0 heterocycles. The van der Waals surface area contributed by atoms with Gasteiger partial charge in [0.2, 0.25) is 0 Å². The van der Waals surface area contributed by atoms with Crippen molar-refractivity contribution in [1.29, 1.82) is 0 Å². The van der Waals surface area contributed by atoms with Crippen LogP contribution in [0.3, 0.4) is 0 Å². The van der Waals surface area contributed by atoms with Gasteiger partial charge < -0.3 is 0 Å². The molecule has 1 nitrogen and oxygen atoms in total. The minimum absolute atomic E-state index is 0.420. The quantitative estimate of drug-likeness (QED) is 0.341. The van der Waals surface area contributed by atoms with E-state index in [2.05, 4.69) is 13.8 Å². The average Bonchev–Trinajstić information content (AvgIpc) is 2.31. The average molecular weight is 333 g/mol. The Morgan fingerprint density at radius 3 is 1.94 bits per heavy atom. The van der Waals surface area contributed by atoms with Crippen LogP contribution in [-0.2, 0) is 3.07 Å². The summed E-state index contributed by atoms with van der Waals surface area (Å²) >= 11 is -0.420. The summed E-state index contributed by atoms with van der Waals surface area (Å²) in [5, 5.41) is 0. The van der Waals surface area contributed by atoms with E-state index in [1.54, 1.807) is 0 Å². The first-order valence-electron chi connectivity index (χ1n) is 7.26. The van der Waals surface area contributed by atoms with Crippen LogP contribution in [0.4, 0.5) is 0 Å². The first-order chi connectivity index (χ1) is 7.91. The van der Waals surface area contributed by atoms with E-state index in [0.717, 1.165) is 6.61 Å². The van der Waals surface area contributed by atoms with Gasteiger partial charge in [0.1, 0.15) is 0 Å². The van der Waals surface area contributed by atoms with Gasteiger partial charge in [-0.15, -0.1) is 0 Å². The molecule has 0 aliphatic rings. The standard InChI is InChI=1S/C8H17.C6H13O.Sn/c1-3-5-7-8-6-4-2;1-2-3-4-5-6-7;/h1,3-8H2,2H3;2-6H2,1H3;/q;-1;+1. The van der Waals surface area contributed by atoms with Crippen molar-refractivity contribution in [3.8, 4) is 0 Å². The molecule has 2 radical (unpaired) electrons. The van der Waals surface area contributed by atoms with Gasteiger partial charge in [-0.2, -0.15) is 0 Å². The molecule has 96 valence electrons. The van der Waals surface area contributed by atoms with Gasteiger partial charge in [0, 0.05) is 0 Å². The first-order valence-corrected chi connectivity index (χ1v) is 10.4. The van der Waals surface area contributed by atoms with Crippen molar-refractivity contribution in [2.75, 3.05) is 6.61 Å². The predicted octanol–water partition coefficient (Wildman–Crippen LogP) is 4.98. The van der Waals surface area contributed by atoms with Crippen molar-refractivity contribution >= 4 is 21.6 Å². The minimum atomic E-state index is -0.420. The maximum atomic E-state index is 5.78. The number of hydrogen-bond acceptors (Lipinski definition) is 1. The Morgan fingerprint density at radius 2 is 1.25 bits per heavy atom. The van der Waals surface area contributed by atoms with Crippen molar-refractivity contribution in [1.82, 2.24) is 0 Å². The molecule has 0 rings (SSSR count). The molecule has 0 amide bonds. The summed E-state index contributed by atoms with van der Waals surface area (Å²) in [5.74, 6) is 0. The summed E-state index contributed by atoms with van der Waals surface area (Å²) in [7, 11) is 0. The van der Waals surface area contributed by atoms with Gasteiger partial charge in [0.25, 0.3) is 0 Å². The van der Waals surface area contributed by atoms with Gasteiger partial charge in [-0.1, -0.05) is 0 Å². The van der Waals surface area contributed by atoms with E-state index in [9.17, 15) is 0 Å². The summed E-state index contributed by atoms with van der Waals surface area (Å²) in [6.45, 7) is 5.60. The fourth-order valence-corrected chi connectivity index (χ4v) is 4.08. The maximum absolute atomic E-state index is 5.78. The van der Waals surface area contributed by atoms with Crippen LogP contribution in [0, 0.1) is 0 Å². The topological polar surface area (TPSA) is 9.23 Å². The Bertz CT molecular complexity index is 103. The fraction of sp³-hybridized carbons (Fsp3) is 1.00. The van der Waals surface area contributed by atoms with Crippen LogP contribution in [0.5, 0.6) is 0 Å². The first kappa shape index (κ1) is 16.8. The zero-order valence-corrected chi connectivity index (χ0v) is 14.2. The van der Waals surface area contributed by atoms with Crippen LogP contribution >= 0.6 is 0 Å². The van der Waals surface area contributed by atoms with Crippen LogP contribution in [0.1, 0.15) is 78.1 Å². The normalized spacial score (nSPS) is 10.9. The fourth-order valence-electron chi connectivity index (χ4n) is 1.72. The molecular formula is C14H30OSn. The van der Waals surface area contributed by atoms with Crippen LogP contribution in [0.25, 0.3) is 0 Å². The van der Waals surface area contributed by atoms with Gasteiger partial charge in [-0.05, 0) is 0 Å². The second-order valence-electron chi connectivity index (χ2n) is 4.57. The second kappa shape index (κ2) is 15.8. The van der Waals surface area contributed by atoms with Crippen molar-refractivity contribution in [2.45, 2.75) is 82.5 Å². The summed E-state index contributed by atoms with van der Waals surface area (Å²) in [4.78, 5) is 0. The molecule has 0 aliphatic carbocycles. The SMILES string of the molecule is CCCCCCC[CH2][Sn][O]CCCCCC. The van der Waals surface area contributed by atoms with E-state index in [4.69, 9.17) is 3.07 Å². The number of rotatable bonds is 13. The zero-order valence-electron chi connectivity index (χ0n) is 11.4. The summed E-state index contributed by atoms with van der Waals surface area (Å²) in [6.07, 6.45) is 13.9. The Kier molecular flexibility index (Phi) is 16.5. The van der Waals surface area contributed by atoms with Gasteiger partial charge in [0.05, 0.1) is 0 Å². The monoisotopic (exact) mass is 334 g/mol. The van der Waals surface area contributed by atoms with E-state index in [0.29, 0.717) is 0 Å². The van der Waals surface area contributed by atoms with Crippen LogP contribution in [0.15, 0.2) is 0 Å². The Morgan fingerprint density at radius 1 is 0.688 bits per heavy atom. The molecule has 16 heavy (non-hydrogen) atoms. The van der Waals surface area contributed by atoms with Crippen LogP contribution in [-0.4, -0.2) is 28.2 Å². The molecule has 0 atom stereocenters. The van der Waals surface area contributed by atoms with Crippen molar-refractivity contribution in [3.63, 3.8) is 0 Å². The van der Waals surface area contributed by atoms with E-state index < -0.39 is 21.6 Å². The molecule has 0 bridgehead atoms. The van der Waals surface area contributed by atoms with Crippen LogP contribution in [0.2, 0.25) is 4.44 Å². The van der Waals surface area contributed by atoms with Crippen LogP contribution < -0.4 is 0 Å². The van der Waals surface area contributed by atoms with Gasteiger partial charge in [0.15, 0.2) is 0 Å². The summed E-state index contributed by atoms with van der Waals surface area (Å²) < 4.78 is 7.21. The molecule has 0 aromatic carbocycles. The molecule has 0 N–H and O–H groups in total. The second-order valence-corrected chi connectivity index (χ2v) is 7.65. The van der Waals surface area contributed by atoms with E-state index >= 15 is 0 Å². The molecule has 0 saturated carbocycles. The van der Waals surface area contributed by atoms with Gasteiger partial charge >= 0.3 is 114 Å². The molecule has 0 aliphatic heterocycles. The third-order valence-electron chi connectivity index (χ3n) is 2.83. The molecule has 2 heteroatoms. The van der Waals surface area contributed by atoms with Crippen molar-refractivity contribution in [2.24, 2.45) is 0 Å². The summed E-state index contributed by atoms with van der Waals surface area (Å²) in [5.41, 5.74) is 0. The Hall–Kier alpha value is 0.759. The predicted molar refractivity (Wildman–Crippen MR) is 74.0 cm³/mol. The van der Waals surface area contributed by atoms with Crippen molar-refractivity contribution in [3.05, 3.63) is 0 Å². The zero-order chi connectivity index (χ0) is 11.9. The number of unbranched alkanes of at least 4 members (excludes halogenated alkanes) is 8. The Labute approximate surface area is 113 Å². The molecule has 0 fully saturated rings. The third-order valence-corrected chi connectivity index (χ3v) is 5.59. The van der Waals surface area contributed by atoms with E-state index in [-0.39, 0.29) is 0 Å². The van der Waals surface area contributed by atoms with Gasteiger partial charge in [-0.3, -0.25) is 0 Å². The molecule has 0 spiro atoms. The Balaban J connectivity index is 2.83. The van der Waals surface area contributed by atoms with Crippen molar-refractivity contribution < 1.29 is 3.07 Å². The van der Waals surface area contributed by atoms with Gasteiger partial charge in [-0.25, -0.2) is 0 Å². The number of hydrogen-bond donors (Lipinski definition) is 0. The molecule has 0 saturated heterocycles. The molecular weight excluding hydrogens is 303 g/mol.